The molecule has 130 valence electrons. The Morgan fingerprint density at radius 2 is 1.96 bits per heavy atom. The van der Waals surface area contributed by atoms with Crippen molar-refractivity contribution in [2.45, 2.75) is 45.0 Å². The Morgan fingerprint density at radius 3 is 2.48 bits per heavy atom. The molecule has 0 amide bonds. The van der Waals surface area contributed by atoms with Crippen LogP contribution in [-0.2, 0) is 16.6 Å². The second-order valence-electron chi connectivity index (χ2n) is 6.55. The minimum atomic E-state index is -3.14. The van der Waals surface area contributed by atoms with Crippen molar-refractivity contribution in [2.24, 2.45) is 5.92 Å². The topological polar surface area (TPSA) is 58.6 Å². The van der Waals surface area contributed by atoms with Gasteiger partial charge in [0.1, 0.15) is 5.75 Å². The van der Waals surface area contributed by atoms with Crippen molar-refractivity contribution in [1.29, 1.82) is 0 Å². The molecule has 0 spiro atoms. The second-order valence-corrected chi connectivity index (χ2v) is 9.04. The fraction of sp³-hybridized carbons (Fsp3) is 0.647. The minimum absolute atomic E-state index is 0.301. The number of hydrogen-bond donors (Lipinski definition) is 1. The third kappa shape index (κ3) is 4.46. The van der Waals surface area contributed by atoms with Crippen LogP contribution >= 0.6 is 0 Å². The lowest BCUT2D eigenvalue weighted by Crippen LogP contribution is -2.51. The van der Waals surface area contributed by atoms with Crippen LogP contribution in [0.15, 0.2) is 24.3 Å². The number of rotatable bonds is 6. The lowest BCUT2D eigenvalue weighted by molar-refractivity contribution is 0.218. The zero-order chi connectivity index (χ0) is 17.0. The van der Waals surface area contributed by atoms with E-state index >= 15 is 0 Å². The molecular formula is C17H28N2O3S. The zero-order valence-electron chi connectivity index (χ0n) is 14.5. The van der Waals surface area contributed by atoms with Crippen LogP contribution in [0.5, 0.6) is 5.75 Å². The molecule has 1 saturated heterocycles. The number of piperidine rings is 1. The van der Waals surface area contributed by atoms with E-state index in [2.05, 4.69) is 24.4 Å². The fourth-order valence-corrected chi connectivity index (χ4v) is 4.33. The summed E-state index contributed by atoms with van der Waals surface area (Å²) in [7, 11) is -1.48. The van der Waals surface area contributed by atoms with Crippen LogP contribution in [0.1, 0.15) is 32.8 Å². The fourth-order valence-electron chi connectivity index (χ4n) is 2.93. The molecule has 1 fully saturated rings. The van der Waals surface area contributed by atoms with Gasteiger partial charge in [-0.2, -0.15) is 0 Å². The first kappa shape index (κ1) is 18.2. The molecule has 6 heteroatoms. The summed E-state index contributed by atoms with van der Waals surface area (Å²) >= 11 is 0. The molecular weight excluding hydrogens is 312 g/mol. The average Bonchev–Trinajstić information content (AvgIpc) is 2.54. The van der Waals surface area contributed by atoms with Crippen molar-refractivity contribution >= 4 is 10.0 Å². The van der Waals surface area contributed by atoms with E-state index in [0.29, 0.717) is 25.0 Å². The summed E-state index contributed by atoms with van der Waals surface area (Å²) in [6.07, 6.45) is 0.850. The van der Waals surface area contributed by atoms with Crippen molar-refractivity contribution in [3.63, 3.8) is 0 Å². The average molecular weight is 340 g/mol. The Bertz CT molecular complexity index is 599. The lowest BCUT2D eigenvalue weighted by atomic mass is 9.95. The molecule has 1 N–H and O–H groups in total. The molecule has 1 aromatic carbocycles. The van der Waals surface area contributed by atoms with E-state index in [-0.39, 0.29) is 5.25 Å². The smallest absolute Gasteiger partial charge is 0.216 e. The maximum Gasteiger partial charge on any atom is 0.216 e. The molecule has 23 heavy (non-hydrogen) atoms. The molecule has 0 aliphatic carbocycles. The summed E-state index contributed by atoms with van der Waals surface area (Å²) in [5, 5.41) is 3.22. The van der Waals surface area contributed by atoms with E-state index < -0.39 is 10.0 Å². The Kier molecular flexibility index (Phi) is 6.06. The van der Waals surface area contributed by atoms with Crippen molar-refractivity contribution in [3.05, 3.63) is 29.8 Å². The highest BCUT2D eigenvalue weighted by atomic mass is 32.2. The normalized spacial score (nSPS) is 23.2. The van der Waals surface area contributed by atoms with Crippen molar-refractivity contribution in [3.8, 4) is 5.75 Å². The van der Waals surface area contributed by atoms with E-state index in [1.165, 1.54) is 5.56 Å². The van der Waals surface area contributed by atoms with Gasteiger partial charge in [-0.15, -0.1) is 0 Å². The van der Waals surface area contributed by atoms with Gasteiger partial charge in [0.15, 0.2) is 0 Å². The number of nitrogens with zero attached hydrogens (tertiary/aromatic N) is 1. The standard InChI is InChI=1S/C17H28N2O3S/c1-13(2)23(20,21)19-10-9-17(14(3)12-19)18-11-15-5-7-16(22-4)8-6-15/h5-8,13-14,17-18H,9-12H2,1-4H3/t14-,17+/m0/s1. The highest BCUT2D eigenvalue weighted by Crippen LogP contribution is 2.22. The molecule has 5 nitrogen and oxygen atoms in total. The van der Waals surface area contributed by atoms with Crippen molar-refractivity contribution in [1.82, 2.24) is 9.62 Å². The quantitative estimate of drug-likeness (QED) is 0.863. The Balaban J connectivity index is 1.89. The van der Waals surface area contributed by atoms with Crippen LogP contribution in [0.2, 0.25) is 0 Å². The predicted octanol–water partition coefficient (Wildman–Crippen LogP) is 2.23. The number of sulfonamides is 1. The molecule has 0 bridgehead atoms. The van der Waals surface area contributed by atoms with Gasteiger partial charge >= 0.3 is 0 Å². The molecule has 1 aromatic rings. The van der Waals surface area contributed by atoms with Gasteiger partial charge in [0, 0.05) is 25.7 Å². The molecule has 1 heterocycles. The molecule has 2 rings (SSSR count). The highest BCUT2D eigenvalue weighted by molar-refractivity contribution is 7.89. The van der Waals surface area contributed by atoms with E-state index in [4.69, 9.17) is 4.74 Å². The highest BCUT2D eigenvalue weighted by Gasteiger charge is 2.33. The van der Waals surface area contributed by atoms with Crippen molar-refractivity contribution < 1.29 is 13.2 Å². The molecule has 0 saturated carbocycles. The second kappa shape index (κ2) is 7.64. The third-order valence-electron chi connectivity index (χ3n) is 4.55. The number of methoxy groups -OCH3 is 1. The van der Waals surface area contributed by atoms with E-state index in [1.54, 1.807) is 25.3 Å². The van der Waals surface area contributed by atoms with Gasteiger partial charge in [0.2, 0.25) is 10.0 Å². The number of benzene rings is 1. The monoisotopic (exact) mass is 340 g/mol. The van der Waals surface area contributed by atoms with Gasteiger partial charge in [-0.25, -0.2) is 12.7 Å². The van der Waals surface area contributed by atoms with Crippen LogP contribution in [0.4, 0.5) is 0 Å². The Labute approximate surface area is 140 Å². The Morgan fingerprint density at radius 1 is 1.30 bits per heavy atom. The SMILES string of the molecule is COc1ccc(CN[C@@H]2CCN(S(=O)(=O)C(C)C)C[C@@H]2C)cc1. The molecule has 0 aromatic heterocycles. The summed E-state index contributed by atoms with van der Waals surface area (Å²) in [6.45, 7) is 7.59. The maximum atomic E-state index is 12.3. The van der Waals surface area contributed by atoms with Crippen LogP contribution in [0, 0.1) is 5.92 Å². The van der Waals surface area contributed by atoms with E-state index in [1.807, 2.05) is 12.1 Å². The largest absolute Gasteiger partial charge is 0.497 e. The summed E-state index contributed by atoms with van der Waals surface area (Å²) in [5.41, 5.74) is 1.20. The molecule has 1 aliphatic heterocycles. The van der Waals surface area contributed by atoms with E-state index in [0.717, 1.165) is 18.7 Å². The predicted molar refractivity (Wildman–Crippen MR) is 93.0 cm³/mol. The number of nitrogens with one attached hydrogen (secondary N) is 1. The maximum absolute atomic E-state index is 12.3. The van der Waals surface area contributed by atoms with Crippen LogP contribution in [-0.4, -0.2) is 44.2 Å². The first-order valence-corrected chi connectivity index (χ1v) is 9.70. The van der Waals surface area contributed by atoms with Gasteiger partial charge in [-0.05, 0) is 43.9 Å². The Hall–Kier alpha value is -1.11. The molecule has 0 unspecified atom stereocenters. The molecule has 1 aliphatic rings. The minimum Gasteiger partial charge on any atom is -0.497 e. The summed E-state index contributed by atoms with van der Waals surface area (Å²) in [4.78, 5) is 0. The van der Waals surface area contributed by atoms with Crippen LogP contribution < -0.4 is 10.1 Å². The van der Waals surface area contributed by atoms with Gasteiger partial charge in [-0.3, -0.25) is 0 Å². The van der Waals surface area contributed by atoms with Crippen LogP contribution in [0.25, 0.3) is 0 Å². The number of ether oxygens (including phenoxy) is 1. The van der Waals surface area contributed by atoms with Crippen molar-refractivity contribution in [2.75, 3.05) is 20.2 Å². The number of hydrogen-bond acceptors (Lipinski definition) is 4. The summed E-state index contributed by atoms with van der Waals surface area (Å²) < 4.78 is 31.3. The summed E-state index contributed by atoms with van der Waals surface area (Å²) in [5.74, 6) is 1.16. The zero-order valence-corrected chi connectivity index (χ0v) is 15.3. The van der Waals surface area contributed by atoms with Crippen LogP contribution in [0.3, 0.4) is 0 Å². The van der Waals surface area contributed by atoms with E-state index in [9.17, 15) is 8.42 Å². The summed E-state index contributed by atoms with van der Waals surface area (Å²) in [6, 6.07) is 8.36. The van der Waals surface area contributed by atoms with Gasteiger partial charge in [0.25, 0.3) is 0 Å². The van der Waals surface area contributed by atoms with Gasteiger partial charge < -0.3 is 10.1 Å². The van der Waals surface area contributed by atoms with Gasteiger partial charge in [0.05, 0.1) is 12.4 Å². The van der Waals surface area contributed by atoms with Gasteiger partial charge in [-0.1, -0.05) is 19.1 Å². The lowest BCUT2D eigenvalue weighted by Gasteiger charge is -2.37. The molecule has 0 radical (unpaired) electrons. The first-order valence-electron chi connectivity index (χ1n) is 8.20. The third-order valence-corrected chi connectivity index (χ3v) is 6.79. The first-order chi connectivity index (χ1) is 10.8. The molecule has 2 atom stereocenters.